The molecule has 0 bridgehead atoms. The summed E-state index contributed by atoms with van der Waals surface area (Å²) in [6.45, 7) is 2.82. The molecule has 2 aromatic rings. The lowest BCUT2D eigenvalue weighted by Crippen LogP contribution is -2.18. The lowest BCUT2D eigenvalue weighted by Gasteiger charge is -2.11. The first kappa shape index (κ1) is 14.3. The Morgan fingerprint density at radius 3 is 2.15 bits per heavy atom. The molecule has 2 N–H and O–H groups in total. The van der Waals surface area contributed by atoms with Crippen LogP contribution in [-0.4, -0.2) is 11.7 Å². The summed E-state index contributed by atoms with van der Waals surface area (Å²) in [4.78, 5) is 0. The van der Waals surface area contributed by atoms with Crippen LogP contribution >= 0.6 is 12.2 Å². The maximum absolute atomic E-state index is 5.53. The Kier molecular flexibility index (Phi) is 5.38. The van der Waals surface area contributed by atoms with Crippen molar-refractivity contribution in [3.63, 3.8) is 0 Å². The van der Waals surface area contributed by atoms with Gasteiger partial charge in [0.1, 0.15) is 5.75 Å². The molecule has 0 aromatic heterocycles. The zero-order chi connectivity index (χ0) is 14.2. The van der Waals surface area contributed by atoms with Gasteiger partial charge in [0.05, 0.1) is 6.61 Å². The fourth-order valence-electron chi connectivity index (χ4n) is 1.67. The fraction of sp³-hybridized carbons (Fsp3) is 0.188. The van der Waals surface area contributed by atoms with Crippen LogP contribution in [0.2, 0.25) is 0 Å². The van der Waals surface area contributed by atoms with E-state index in [4.69, 9.17) is 17.0 Å². The molecular weight excluding hydrogens is 268 g/mol. The number of rotatable bonds is 5. The molecule has 0 unspecified atom stereocenters. The lowest BCUT2D eigenvalue weighted by molar-refractivity contribution is 0.317. The van der Waals surface area contributed by atoms with Gasteiger partial charge in [0.25, 0.3) is 0 Å². The van der Waals surface area contributed by atoms with Gasteiger partial charge in [-0.1, -0.05) is 25.1 Å². The summed E-state index contributed by atoms with van der Waals surface area (Å²) in [7, 11) is 0. The van der Waals surface area contributed by atoms with E-state index in [9.17, 15) is 0 Å². The molecule has 4 heteroatoms. The quantitative estimate of drug-likeness (QED) is 0.804. The molecule has 0 amide bonds. The second kappa shape index (κ2) is 7.50. The van der Waals surface area contributed by atoms with E-state index >= 15 is 0 Å². The van der Waals surface area contributed by atoms with Crippen molar-refractivity contribution >= 4 is 28.7 Å². The van der Waals surface area contributed by atoms with E-state index in [2.05, 4.69) is 17.6 Å². The number of nitrogens with one attached hydrogen (secondary N) is 2. The minimum Gasteiger partial charge on any atom is -0.494 e. The van der Waals surface area contributed by atoms with Crippen molar-refractivity contribution in [2.24, 2.45) is 0 Å². The van der Waals surface area contributed by atoms with Gasteiger partial charge in [0, 0.05) is 11.4 Å². The van der Waals surface area contributed by atoms with Crippen LogP contribution < -0.4 is 15.4 Å². The molecule has 0 atom stereocenters. The molecule has 3 nitrogen and oxygen atoms in total. The van der Waals surface area contributed by atoms with Gasteiger partial charge in [0.15, 0.2) is 5.11 Å². The van der Waals surface area contributed by atoms with Crippen molar-refractivity contribution in [1.29, 1.82) is 0 Å². The molecule has 0 aliphatic heterocycles. The Hall–Kier alpha value is -2.07. The van der Waals surface area contributed by atoms with Crippen LogP contribution in [0.15, 0.2) is 54.6 Å². The van der Waals surface area contributed by atoms with Crippen molar-refractivity contribution < 1.29 is 4.74 Å². The summed E-state index contributed by atoms with van der Waals surface area (Å²) < 4.78 is 5.53. The van der Waals surface area contributed by atoms with Crippen LogP contribution in [0.3, 0.4) is 0 Å². The maximum atomic E-state index is 5.53. The van der Waals surface area contributed by atoms with E-state index in [0.29, 0.717) is 5.11 Å². The molecule has 20 heavy (non-hydrogen) atoms. The van der Waals surface area contributed by atoms with E-state index in [0.717, 1.165) is 30.2 Å². The monoisotopic (exact) mass is 286 g/mol. The molecule has 0 spiro atoms. The van der Waals surface area contributed by atoms with Crippen molar-refractivity contribution in [3.05, 3.63) is 54.6 Å². The third-order valence-corrected chi connectivity index (χ3v) is 2.82. The number of para-hydroxylation sites is 1. The highest BCUT2D eigenvalue weighted by molar-refractivity contribution is 7.80. The van der Waals surface area contributed by atoms with Gasteiger partial charge < -0.3 is 15.4 Å². The second-order valence-corrected chi connectivity index (χ2v) is 4.73. The topological polar surface area (TPSA) is 33.3 Å². The highest BCUT2D eigenvalue weighted by atomic mass is 32.1. The van der Waals surface area contributed by atoms with Gasteiger partial charge in [-0.3, -0.25) is 0 Å². The largest absolute Gasteiger partial charge is 0.494 e. The first-order valence-corrected chi connectivity index (χ1v) is 7.04. The third-order valence-electron chi connectivity index (χ3n) is 2.62. The van der Waals surface area contributed by atoms with E-state index in [1.807, 2.05) is 54.6 Å². The van der Waals surface area contributed by atoms with Crippen LogP contribution in [0.4, 0.5) is 11.4 Å². The molecule has 104 valence electrons. The normalized spacial score (nSPS) is 9.85. The zero-order valence-electron chi connectivity index (χ0n) is 11.4. The van der Waals surface area contributed by atoms with Gasteiger partial charge in [-0.2, -0.15) is 0 Å². The van der Waals surface area contributed by atoms with Crippen LogP contribution in [0.5, 0.6) is 5.75 Å². The Morgan fingerprint density at radius 2 is 1.55 bits per heavy atom. The number of ether oxygens (including phenoxy) is 1. The van der Waals surface area contributed by atoms with Crippen LogP contribution in [0.25, 0.3) is 0 Å². The molecule has 0 aliphatic rings. The van der Waals surface area contributed by atoms with Gasteiger partial charge in [0.2, 0.25) is 0 Å². The first-order valence-electron chi connectivity index (χ1n) is 6.64. The Bertz CT molecular complexity index is 540. The summed E-state index contributed by atoms with van der Waals surface area (Å²) in [6.07, 6.45) is 1.01. The van der Waals surface area contributed by atoms with E-state index in [1.54, 1.807) is 0 Å². The number of thiocarbonyl (C=S) groups is 1. The minimum atomic E-state index is 0.568. The summed E-state index contributed by atoms with van der Waals surface area (Å²) in [5.41, 5.74) is 1.90. The molecule has 2 aromatic carbocycles. The van der Waals surface area contributed by atoms with Crippen molar-refractivity contribution in [2.45, 2.75) is 13.3 Å². The standard InChI is InChI=1S/C16H18N2OS/c1-2-12-19-15-10-8-14(9-11-15)18-16(20)17-13-6-4-3-5-7-13/h3-11H,2,12H2,1H3,(H2,17,18,20). The van der Waals surface area contributed by atoms with Gasteiger partial charge >= 0.3 is 0 Å². The first-order chi connectivity index (χ1) is 9.78. The highest BCUT2D eigenvalue weighted by Crippen LogP contribution is 2.16. The zero-order valence-corrected chi connectivity index (χ0v) is 12.2. The molecule has 0 saturated carbocycles. The predicted octanol–water partition coefficient (Wildman–Crippen LogP) is 4.28. The smallest absolute Gasteiger partial charge is 0.175 e. The van der Waals surface area contributed by atoms with Gasteiger partial charge in [-0.25, -0.2) is 0 Å². The number of hydrogen-bond acceptors (Lipinski definition) is 2. The molecule has 0 saturated heterocycles. The molecule has 2 rings (SSSR count). The average molecular weight is 286 g/mol. The average Bonchev–Trinajstić information content (AvgIpc) is 2.47. The number of benzene rings is 2. The van der Waals surface area contributed by atoms with Crippen molar-refractivity contribution in [1.82, 2.24) is 0 Å². The third kappa shape index (κ3) is 4.55. The summed E-state index contributed by atoms with van der Waals surface area (Å²) >= 11 is 5.27. The second-order valence-electron chi connectivity index (χ2n) is 4.32. The van der Waals surface area contributed by atoms with Gasteiger partial charge in [-0.05, 0) is 55.0 Å². The van der Waals surface area contributed by atoms with Crippen molar-refractivity contribution in [3.8, 4) is 5.75 Å². The fourth-order valence-corrected chi connectivity index (χ4v) is 1.91. The van der Waals surface area contributed by atoms with Gasteiger partial charge in [-0.15, -0.1) is 0 Å². The van der Waals surface area contributed by atoms with E-state index < -0.39 is 0 Å². The molecule has 0 radical (unpaired) electrons. The molecular formula is C16H18N2OS. The number of hydrogen-bond donors (Lipinski definition) is 2. The Balaban J connectivity index is 1.88. The molecule has 0 aliphatic carbocycles. The SMILES string of the molecule is CCCOc1ccc(NC(=S)Nc2ccccc2)cc1. The van der Waals surface area contributed by atoms with Crippen LogP contribution in [0.1, 0.15) is 13.3 Å². The van der Waals surface area contributed by atoms with Crippen LogP contribution in [-0.2, 0) is 0 Å². The number of anilines is 2. The lowest BCUT2D eigenvalue weighted by atomic mass is 10.3. The molecule has 0 heterocycles. The Labute approximate surface area is 125 Å². The van der Waals surface area contributed by atoms with E-state index in [1.165, 1.54) is 0 Å². The molecule has 0 fully saturated rings. The summed E-state index contributed by atoms with van der Waals surface area (Å²) in [5.74, 6) is 0.874. The Morgan fingerprint density at radius 1 is 0.950 bits per heavy atom. The summed E-state index contributed by atoms with van der Waals surface area (Å²) in [6, 6.07) is 17.6. The van der Waals surface area contributed by atoms with Crippen LogP contribution in [0, 0.1) is 0 Å². The van der Waals surface area contributed by atoms with E-state index in [-0.39, 0.29) is 0 Å². The predicted molar refractivity (Wildman–Crippen MR) is 88.5 cm³/mol. The van der Waals surface area contributed by atoms with Crippen molar-refractivity contribution in [2.75, 3.05) is 17.2 Å². The minimum absolute atomic E-state index is 0.568. The highest BCUT2D eigenvalue weighted by Gasteiger charge is 1.99. The maximum Gasteiger partial charge on any atom is 0.175 e. The summed E-state index contributed by atoms with van der Waals surface area (Å²) in [5, 5.41) is 6.83.